The van der Waals surface area contributed by atoms with Crippen LogP contribution in [0.2, 0.25) is 0 Å². The molecule has 0 saturated heterocycles. The Bertz CT molecular complexity index is 773. The number of hydrogen-bond acceptors (Lipinski definition) is 5. The topological polar surface area (TPSA) is 56.1 Å². The molecule has 2 aromatic rings. The summed E-state index contributed by atoms with van der Waals surface area (Å²) in [6, 6.07) is 19.9. The molecule has 1 unspecified atom stereocenters. The number of carbonyl (C=O) groups is 1. The van der Waals surface area contributed by atoms with Crippen LogP contribution >= 0.6 is 0 Å². The van der Waals surface area contributed by atoms with Crippen LogP contribution in [0.5, 0.6) is 0 Å². The number of benzene rings is 2. The van der Waals surface area contributed by atoms with Gasteiger partial charge in [0.2, 0.25) is 0 Å². The van der Waals surface area contributed by atoms with E-state index in [2.05, 4.69) is 11.8 Å². The summed E-state index contributed by atoms with van der Waals surface area (Å²) in [5.41, 5.74) is 2.80. The first-order valence-electron chi connectivity index (χ1n) is 9.41. The summed E-state index contributed by atoms with van der Waals surface area (Å²) in [5, 5.41) is 15.5. The predicted molar refractivity (Wildman–Crippen MR) is 114 cm³/mol. The van der Waals surface area contributed by atoms with Gasteiger partial charge in [0.05, 0.1) is 19.2 Å². The van der Waals surface area contributed by atoms with Crippen molar-refractivity contribution in [3.63, 3.8) is 0 Å². The first kappa shape index (κ1) is 21.5. The molecule has 0 fully saturated rings. The molecule has 5 nitrogen and oxygen atoms in total. The third-order valence-electron chi connectivity index (χ3n) is 4.29. The first-order chi connectivity index (χ1) is 13.5. The van der Waals surface area contributed by atoms with Crippen LogP contribution in [-0.2, 0) is 17.9 Å². The summed E-state index contributed by atoms with van der Waals surface area (Å²) in [5.74, 6) is -0.00158. The third kappa shape index (κ3) is 7.47. The maximum atomic E-state index is 12.7. The van der Waals surface area contributed by atoms with Crippen molar-refractivity contribution in [2.24, 2.45) is 5.10 Å². The fourth-order valence-electron chi connectivity index (χ4n) is 2.93. The number of hydrogen-bond donors (Lipinski definition) is 1. The number of aliphatic hydroxyl groups excluding tert-OH is 1. The van der Waals surface area contributed by atoms with E-state index in [4.69, 9.17) is 0 Å². The molecule has 2 rings (SSSR count). The molecule has 0 radical (unpaired) electrons. The molecular weight excluding hydrogens is 350 g/mol. The van der Waals surface area contributed by atoms with Crippen molar-refractivity contribution in [2.75, 3.05) is 13.1 Å². The Kier molecular flexibility index (Phi) is 8.59. The lowest BCUT2D eigenvalue weighted by atomic mass is 10.1. The van der Waals surface area contributed by atoms with Crippen LogP contribution in [0.1, 0.15) is 25.0 Å². The average molecular weight is 380 g/mol. The van der Waals surface area contributed by atoms with Gasteiger partial charge in [-0.05, 0) is 25.0 Å². The molecular formula is C23H29N3O2. The van der Waals surface area contributed by atoms with Crippen molar-refractivity contribution in [1.29, 1.82) is 0 Å². The highest BCUT2D eigenvalue weighted by Crippen LogP contribution is 2.10. The summed E-state index contributed by atoms with van der Waals surface area (Å²) < 4.78 is 0. The highest BCUT2D eigenvalue weighted by molar-refractivity contribution is 5.96. The smallest absolute Gasteiger partial charge is 0.174 e. The van der Waals surface area contributed by atoms with Gasteiger partial charge in [0.15, 0.2) is 5.78 Å². The molecule has 1 N–H and O–H groups in total. The Balaban J connectivity index is 2.03. The van der Waals surface area contributed by atoms with Crippen molar-refractivity contribution < 1.29 is 9.90 Å². The molecule has 0 spiro atoms. The Labute approximate surface area is 167 Å². The number of nitrogens with zero attached hydrogens (tertiary/aromatic N) is 3. The maximum Gasteiger partial charge on any atom is 0.174 e. The lowest BCUT2D eigenvalue weighted by Gasteiger charge is -2.23. The van der Waals surface area contributed by atoms with Crippen LogP contribution in [0.15, 0.2) is 77.5 Å². The molecule has 2 aromatic carbocycles. The van der Waals surface area contributed by atoms with Crippen LogP contribution < -0.4 is 0 Å². The van der Waals surface area contributed by atoms with E-state index in [1.54, 1.807) is 25.1 Å². The van der Waals surface area contributed by atoms with Gasteiger partial charge >= 0.3 is 0 Å². The summed E-state index contributed by atoms with van der Waals surface area (Å²) >= 11 is 0. The zero-order valence-electron chi connectivity index (χ0n) is 16.7. The van der Waals surface area contributed by atoms with E-state index in [9.17, 15) is 9.90 Å². The molecule has 28 heavy (non-hydrogen) atoms. The van der Waals surface area contributed by atoms with E-state index in [0.29, 0.717) is 25.2 Å². The molecule has 1 atom stereocenters. The van der Waals surface area contributed by atoms with Crippen molar-refractivity contribution >= 4 is 12.5 Å². The first-order valence-corrected chi connectivity index (χ1v) is 9.41. The SMILES string of the molecule is C=NN(/C=C(\C)C(=O)CN(Cc1ccccc1)CC(C)O)Cc1ccccc1. The molecule has 0 bridgehead atoms. The number of Topliss-reactive ketones (excluding diaryl/α,β-unsaturated/α-hetero) is 1. The van der Waals surface area contributed by atoms with Crippen molar-refractivity contribution in [3.05, 3.63) is 83.6 Å². The average Bonchev–Trinajstić information content (AvgIpc) is 2.68. The van der Waals surface area contributed by atoms with E-state index in [1.165, 1.54) is 0 Å². The minimum absolute atomic E-state index is 0.00158. The zero-order valence-corrected chi connectivity index (χ0v) is 16.7. The standard InChI is InChI=1S/C23H29N3O2/c1-19(14-26(24-3)17-22-12-8-5-9-13-22)23(28)18-25(15-20(2)27)16-21-10-6-4-7-11-21/h4-14,20,27H,3,15-18H2,1-2H3/b19-14+. The summed E-state index contributed by atoms with van der Waals surface area (Å²) in [4.78, 5) is 14.7. The number of rotatable bonds is 11. The normalized spacial score (nSPS) is 12.6. The van der Waals surface area contributed by atoms with Crippen LogP contribution in [0.4, 0.5) is 0 Å². The highest BCUT2D eigenvalue weighted by atomic mass is 16.3. The Morgan fingerprint density at radius 3 is 2.11 bits per heavy atom. The van der Waals surface area contributed by atoms with Crippen LogP contribution in [0.25, 0.3) is 0 Å². The zero-order chi connectivity index (χ0) is 20.4. The molecule has 5 heteroatoms. The quantitative estimate of drug-likeness (QED) is 0.369. The fourth-order valence-corrected chi connectivity index (χ4v) is 2.93. The maximum absolute atomic E-state index is 12.7. The lowest BCUT2D eigenvalue weighted by molar-refractivity contribution is -0.117. The summed E-state index contributed by atoms with van der Waals surface area (Å²) in [7, 11) is 0. The number of carbonyl (C=O) groups excluding carboxylic acids is 1. The summed E-state index contributed by atoms with van der Waals surface area (Å²) in [6.07, 6.45) is 1.22. The summed E-state index contributed by atoms with van der Waals surface area (Å²) in [6.45, 7) is 8.95. The molecule has 0 aliphatic rings. The largest absolute Gasteiger partial charge is 0.392 e. The van der Waals surface area contributed by atoms with Crippen LogP contribution in [0.3, 0.4) is 0 Å². The van der Waals surface area contributed by atoms with E-state index >= 15 is 0 Å². The fraction of sp³-hybridized carbons (Fsp3) is 0.304. The van der Waals surface area contributed by atoms with Gasteiger partial charge in [-0.3, -0.25) is 14.7 Å². The van der Waals surface area contributed by atoms with Crippen LogP contribution in [0, 0.1) is 0 Å². The second-order valence-electron chi connectivity index (χ2n) is 6.96. The van der Waals surface area contributed by atoms with E-state index in [0.717, 1.165) is 11.1 Å². The van der Waals surface area contributed by atoms with Crippen molar-refractivity contribution in [3.8, 4) is 0 Å². The predicted octanol–water partition coefficient (Wildman–Crippen LogP) is 3.46. The van der Waals surface area contributed by atoms with E-state index in [-0.39, 0.29) is 12.3 Å². The third-order valence-corrected chi connectivity index (χ3v) is 4.29. The highest BCUT2D eigenvalue weighted by Gasteiger charge is 2.15. The lowest BCUT2D eigenvalue weighted by Crippen LogP contribution is -2.35. The van der Waals surface area contributed by atoms with Crippen LogP contribution in [-0.4, -0.2) is 46.7 Å². The molecule has 0 amide bonds. The molecule has 0 aliphatic heterocycles. The number of hydrazone groups is 1. The Morgan fingerprint density at radius 1 is 1.07 bits per heavy atom. The van der Waals surface area contributed by atoms with Gasteiger partial charge in [-0.2, -0.15) is 5.10 Å². The molecule has 0 aliphatic carbocycles. The van der Waals surface area contributed by atoms with Crippen molar-refractivity contribution in [2.45, 2.75) is 33.0 Å². The minimum Gasteiger partial charge on any atom is -0.392 e. The number of ketones is 1. The van der Waals surface area contributed by atoms with E-state index in [1.807, 2.05) is 65.6 Å². The Hall–Kier alpha value is -2.76. The van der Waals surface area contributed by atoms with Gasteiger partial charge in [0, 0.05) is 31.6 Å². The van der Waals surface area contributed by atoms with Gasteiger partial charge in [-0.15, -0.1) is 0 Å². The Morgan fingerprint density at radius 2 is 1.61 bits per heavy atom. The van der Waals surface area contributed by atoms with E-state index < -0.39 is 6.10 Å². The van der Waals surface area contributed by atoms with Gasteiger partial charge < -0.3 is 5.11 Å². The van der Waals surface area contributed by atoms with Gasteiger partial charge in [-0.25, -0.2) is 0 Å². The second-order valence-corrected chi connectivity index (χ2v) is 6.96. The van der Waals surface area contributed by atoms with Crippen molar-refractivity contribution in [1.82, 2.24) is 9.91 Å². The monoisotopic (exact) mass is 379 g/mol. The van der Waals surface area contributed by atoms with Gasteiger partial charge in [0.1, 0.15) is 0 Å². The second kappa shape index (κ2) is 11.2. The van der Waals surface area contributed by atoms with Gasteiger partial charge in [-0.1, -0.05) is 60.7 Å². The molecule has 148 valence electrons. The molecule has 0 heterocycles. The molecule has 0 aromatic heterocycles. The van der Waals surface area contributed by atoms with Gasteiger partial charge in [0.25, 0.3) is 0 Å². The molecule has 0 saturated carbocycles. The number of aliphatic hydroxyl groups is 1. The minimum atomic E-state index is -0.509.